The Kier molecular flexibility index (Phi) is 4.47. The summed E-state index contributed by atoms with van der Waals surface area (Å²) < 4.78 is 26.4. The third-order valence-corrected chi connectivity index (χ3v) is 6.01. The Balaban J connectivity index is 2.52. The van der Waals surface area contributed by atoms with Crippen LogP contribution in [0.2, 0.25) is 0 Å². The maximum absolute atomic E-state index is 12.7. The first-order valence-corrected chi connectivity index (χ1v) is 8.24. The van der Waals surface area contributed by atoms with Gasteiger partial charge in [0, 0.05) is 0 Å². The van der Waals surface area contributed by atoms with Crippen molar-refractivity contribution < 1.29 is 13.5 Å². The van der Waals surface area contributed by atoms with Gasteiger partial charge in [0.1, 0.15) is 15.2 Å². The van der Waals surface area contributed by atoms with Crippen LogP contribution < -0.4 is 10.0 Å². The van der Waals surface area contributed by atoms with E-state index in [4.69, 9.17) is 16.1 Å². The fourth-order valence-electron chi connectivity index (χ4n) is 1.80. The van der Waals surface area contributed by atoms with Crippen LogP contribution in [0.4, 0.5) is 11.4 Å². The van der Waals surface area contributed by atoms with E-state index in [2.05, 4.69) is 0 Å². The van der Waals surface area contributed by atoms with Gasteiger partial charge < -0.3 is 10.8 Å². The molecular formula is C13H13N3O3S2. The Morgan fingerprint density at radius 3 is 2.57 bits per heavy atom. The van der Waals surface area contributed by atoms with E-state index in [-0.39, 0.29) is 17.4 Å². The van der Waals surface area contributed by atoms with E-state index < -0.39 is 10.0 Å². The average molecular weight is 323 g/mol. The highest BCUT2D eigenvalue weighted by Gasteiger charge is 2.27. The number of aliphatic hydroxyl groups is 1. The van der Waals surface area contributed by atoms with Gasteiger partial charge in [0.2, 0.25) is 0 Å². The van der Waals surface area contributed by atoms with E-state index in [1.807, 2.05) is 6.07 Å². The lowest BCUT2D eigenvalue weighted by Crippen LogP contribution is -2.33. The Morgan fingerprint density at radius 1 is 1.29 bits per heavy atom. The minimum atomic E-state index is -3.87. The first-order valence-electron chi connectivity index (χ1n) is 5.98. The lowest BCUT2D eigenvalue weighted by Gasteiger charge is -2.24. The van der Waals surface area contributed by atoms with E-state index in [1.54, 1.807) is 24.3 Å². The fraction of sp³-hybridized carbons (Fsp3) is 0.154. The predicted octanol–water partition coefficient (Wildman–Crippen LogP) is 1.39. The van der Waals surface area contributed by atoms with Gasteiger partial charge in [-0.3, -0.25) is 4.31 Å². The Morgan fingerprint density at radius 2 is 2.00 bits per heavy atom. The minimum absolute atomic E-state index is 0.0377. The Hall–Kier alpha value is -2.08. The van der Waals surface area contributed by atoms with Crippen LogP contribution in [0.3, 0.4) is 0 Å². The number of hydrogen-bond donors (Lipinski definition) is 2. The lowest BCUT2D eigenvalue weighted by molar-refractivity contribution is 0.307. The highest BCUT2D eigenvalue weighted by Crippen LogP contribution is 2.31. The zero-order chi connectivity index (χ0) is 15.5. The van der Waals surface area contributed by atoms with Crippen molar-refractivity contribution in [2.75, 3.05) is 23.2 Å². The van der Waals surface area contributed by atoms with Crippen LogP contribution >= 0.6 is 11.3 Å². The molecule has 0 atom stereocenters. The highest BCUT2D eigenvalue weighted by molar-refractivity contribution is 7.94. The van der Waals surface area contributed by atoms with Gasteiger partial charge in [0.25, 0.3) is 10.0 Å². The highest BCUT2D eigenvalue weighted by atomic mass is 32.2. The molecule has 1 aromatic carbocycles. The van der Waals surface area contributed by atoms with E-state index in [0.29, 0.717) is 16.3 Å². The average Bonchev–Trinajstić information content (AvgIpc) is 2.95. The summed E-state index contributed by atoms with van der Waals surface area (Å²) >= 11 is 0.881. The van der Waals surface area contributed by atoms with Crippen LogP contribution in [0, 0.1) is 11.3 Å². The number of anilines is 2. The molecule has 0 aliphatic carbocycles. The van der Waals surface area contributed by atoms with Gasteiger partial charge in [0.05, 0.1) is 24.5 Å². The predicted molar refractivity (Wildman–Crippen MR) is 81.5 cm³/mol. The molecule has 0 saturated carbocycles. The van der Waals surface area contributed by atoms with Crippen molar-refractivity contribution in [1.29, 1.82) is 5.26 Å². The number of sulfonamides is 1. The van der Waals surface area contributed by atoms with Crippen molar-refractivity contribution in [3.8, 4) is 6.07 Å². The van der Waals surface area contributed by atoms with Gasteiger partial charge in [-0.1, -0.05) is 12.1 Å². The van der Waals surface area contributed by atoms with Gasteiger partial charge in [-0.15, -0.1) is 11.3 Å². The molecule has 2 rings (SSSR count). The molecule has 8 heteroatoms. The molecule has 0 bridgehead atoms. The summed E-state index contributed by atoms with van der Waals surface area (Å²) in [5, 5.41) is 18.0. The van der Waals surface area contributed by atoms with Crippen LogP contribution in [-0.4, -0.2) is 26.7 Å². The first-order chi connectivity index (χ1) is 10.0. The molecule has 0 amide bonds. The van der Waals surface area contributed by atoms with E-state index >= 15 is 0 Å². The molecule has 3 N–H and O–H groups in total. The van der Waals surface area contributed by atoms with Gasteiger partial charge in [-0.05, 0) is 24.3 Å². The lowest BCUT2D eigenvalue weighted by atomic mass is 10.3. The summed E-state index contributed by atoms with van der Waals surface area (Å²) in [6, 6.07) is 11.2. The molecule has 0 fully saturated rings. The molecule has 0 aliphatic heterocycles. The molecule has 21 heavy (non-hydrogen) atoms. The molecule has 0 aliphatic rings. The third kappa shape index (κ3) is 3.00. The van der Waals surface area contributed by atoms with Crippen molar-refractivity contribution in [3.05, 3.63) is 41.3 Å². The molecule has 110 valence electrons. The topological polar surface area (TPSA) is 107 Å². The van der Waals surface area contributed by atoms with Crippen LogP contribution in [0.15, 0.2) is 40.6 Å². The number of benzene rings is 1. The van der Waals surface area contributed by atoms with E-state index in [9.17, 15) is 8.42 Å². The molecule has 6 nitrogen and oxygen atoms in total. The van der Waals surface area contributed by atoms with Gasteiger partial charge in [0.15, 0.2) is 0 Å². The summed E-state index contributed by atoms with van der Waals surface area (Å²) in [6.45, 7) is -0.458. The van der Waals surface area contributed by atoms with Crippen LogP contribution in [0.5, 0.6) is 0 Å². The van der Waals surface area contributed by atoms with Crippen LogP contribution in [-0.2, 0) is 10.0 Å². The molecule has 1 heterocycles. The first kappa shape index (κ1) is 15.3. The Bertz CT molecular complexity index is 778. The summed E-state index contributed by atoms with van der Waals surface area (Å²) in [5.41, 5.74) is 6.42. The second kappa shape index (κ2) is 6.13. The maximum Gasteiger partial charge on any atom is 0.274 e. The monoisotopic (exact) mass is 323 g/mol. The molecule has 0 spiro atoms. The number of hydrogen-bond acceptors (Lipinski definition) is 6. The number of nitrogen functional groups attached to an aromatic ring is 1. The van der Waals surface area contributed by atoms with Crippen LogP contribution in [0.25, 0.3) is 0 Å². The zero-order valence-corrected chi connectivity index (χ0v) is 12.6. The van der Waals surface area contributed by atoms with Gasteiger partial charge in [-0.2, -0.15) is 5.26 Å². The SMILES string of the molecule is N#Cc1ccc(S(=O)(=O)N(CCO)c2ccccc2N)s1. The zero-order valence-electron chi connectivity index (χ0n) is 10.9. The largest absolute Gasteiger partial charge is 0.397 e. The number of thiophene rings is 1. The number of para-hydroxylation sites is 2. The second-order valence-electron chi connectivity index (χ2n) is 4.09. The quantitative estimate of drug-likeness (QED) is 0.808. The van der Waals surface area contributed by atoms with E-state index in [1.165, 1.54) is 12.1 Å². The fourth-order valence-corrected chi connectivity index (χ4v) is 4.50. The van der Waals surface area contributed by atoms with E-state index in [0.717, 1.165) is 15.6 Å². The molecule has 1 aromatic heterocycles. The van der Waals surface area contributed by atoms with Crippen molar-refractivity contribution >= 4 is 32.7 Å². The van der Waals surface area contributed by atoms with Crippen molar-refractivity contribution in [2.24, 2.45) is 0 Å². The van der Waals surface area contributed by atoms with Crippen molar-refractivity contribution in [1.82, 2.24) is 0 Å². The Labute approximate surface area is 126 Å². The minimum Gasteiger partial charge on any atom is -0.397 e. The maximum atomic E-state index is 12.7. The standard InChI is InChI=1S/C13H13N3O3S2/c14-9-10-5-6-13(20-10)21(18,19)16(7-8-17)12-4-2-1-3-11(12)15/h1-6,17H,7-8,15H2. The van der Waals surface area contributed by atoms with Crippen LogP contribution in [0.1, 0.15) is 4.88 Å². The molecule has 0 saturated heterocycles. The summed E-state index contributed by atoms with van der Waals surface area (Å²) in [4.78, 5) is 0.304. The normalized spacial score (nSPS) is 11.0. The smallest absolute Gasteiger partial charge is 0.274 e. The summed E-state index contributed by atoms with van der Waals surface area (Å²) in [5.74, 6) is 0. The number of nitrogens with zero attached hydrogens (tertiary/aromatic N) is 2. The number of rotatable bonds is 5. The van der Waals surface area contributed by atoms with Crippen molar-refractivity contribution in [3.63, 3.8) is 0 Å². The van der Waals surface area contributed by atoms with Gasteiger partial charge in [-0.25, -0.2) is 8.42 Å². The number of nitrogens with two attached hydrogens (primary N) is 1. The van der Waals surface area contributed by atoms with Gasteiger partial charge >= 0.3 is 0 Å². The number of aliphatic hydroxyl groups excluding tert-OH is 1. The molecule has 0 unspecified atom stereocenters. The summed E-state index contributed by atoms with van der Waals surface area (Å²) in [7, 11) is -3.87. The number of nitriles is 1. The van der Waals surface area contributed by atoms with Crippen molar-refractivity contribution in [2.45, 2.75) is 4.21 Å². The molecular weight excluding hydrogens is 310 g/mol. The second-order valence-corrected chi connectivity index (χ2v) is 7.26. The third-order valence-electron chi connectivity index (χ3n) is 2.74. The molecule has 0 radical (unpaired) electrons. The molecule has 2 aromatic rings. The summed E-state index contributed by atoms with van der Waals surface area (Å²) in [6.07, 6.45) is 0.